The highest BCUT2D eigenvalue weighted by atomic mass is 16.5. The normalized spacial score (nSPS) is 12.1. The second-order valence-electron chi connectivity index (χ2n) is 5.11. The van der Waals surface area contributed by atoms with Crippen LogP contribution in [-0.4, -0.2) is 31.8 Å². The van der Waals surface area contributed by atoms with Gasteiger partial charge in [-0.1, -0.05) is 30.3 Å². The van der Waals surface area contributed by atoms with Crippen molar-refractivity contribution in [2.75, 3.05) is 19.8 Å². The van der Waals surface area contributed by atoms with Crippen LogP contribution in [0, 0.1) is 0 Å². The Bertz CT molecular complexity index is 612. The predicted molar refractivity (Wildman–Crippen MR) is 88.2 cm³/mol. The molecule has 2 rings (SSSR count). The van der Waals surface area contributed by atoms with Gasteiger partial charge in [0, 0.05) is 19.8 Å². The molecule has 1 N–H and O–H groups in total. The molecule has 0 spiro atoms. The maximum absolute atomic E-state index is 12.0. The van der Waals surface area contributed by atoms with Gasteiger partial charge in [0.25, 0.3) is 5.91 Å². The number of ether oxygens (including phenoxy) is 2. The largest absolute Gasteiger partial charge is 0.481 e. The summed E-state index contributed by atoms with van der Waals surface area (Å²) in [5.41, 5.74) is 0. The first-order valence-corrected chi connectivity index (χ1v) is 7.71. The molecule has 2 aromatic rings. The van der Waals surface area contributed by atoms with E-state index in [0.29, 0.717) is 25.5 Å². The molecule has 4 heteroatoms. The lowest BCUT2D eigenvalue weighted by Gasteiger charge is -2.15. The first-order chi connectivity index (χ1) is 10.7. The minimum absolute atomic E-state index is 0.107. The molecule has 0 bridgehead atoms. The Morgan fingerprint density at radius 1 is 1.18 bits per heavy atom. The Hall–Kier alpha value is -2.07. The Morgan fingerprint density at radius 3 is 2.73 bits per heavy atom. The lowest BCUT2D eigenvalue weighted by Crippen LogP contribution is -2.37. The summed E-state index contributed by atoms with van der Waals surface area (Å²) in [5.74, 6) is 0.598. The van der Waals surface area contributed by atoms with Crippen molar-refractivity contribution < 1.29 is 14.3 Å². The summed E-state index contributed by atoms with van der Waals surface area (Å²) < 4.78 is 10.9. The van der Waals surface area contributed by atoms with Gasteiger partial charge in [-0.05, 0) is 43.2 Å². The molecular formula is C18H23NO3. The molecule has 1 atom stereocenters. The Balaban J connectivity index is 1.84. The molecule has 0 aliphatic heterocycles. The van der Waals surface area contributed by atoms with Crippen LogP contribution in [0.15, 0.2) is 42.5 Å². The zero-order valence-corrected chi connectivity index (χ0v) is 13.2. The molecule has 0 aliphatic carbocycles. The number of benzene rings is 2. The standard InChI is InChI=1S/C18H23NO3/c1-3-21-12-6-11-19-18(20)14(2)22-17-10-9-15-7-4-5-8-16(15)13-17/h4-5,7-10,13-14H,3,6,11-12H2,1-2H3,(H,19,20)/t14-/m1/s1. The van der Waals surface area contributed by atoms with Crippen molar-refractivity contribution in [1.82, 2.24) is 5.32 Å². The van der Waals surface area contributed by atoms with Crippen LogP contribution in [-0.2, 0) is 9.53 Å². The molecule has 0 saturated carbocycles. The fourth-order valence-corrected chi connectivity index (χ4v) is 2.17. The lowest BCUT2D eigenvalue weighted by atomic mass is 10.1. The number of hydrogen-bond acceptors (Lipinski definition) is 3. The van der Waals surface area contributed by atoms with Gasteiger partial charge in [0.1, 0.15) is 5.75 Å². The molecule has 22 heavy (non-hydrogen) atoms. The van der Waals surface area contributed by atoms with E-state index in [4.69, 9.17) is 9.47 Å². The van der Waals surface area contributed by atoms with Crippen LogP contribution in [0.1, 0.15) is 20.3 Å². The topological polar surface area (TPSA) is 47.6 Å². The molecule has 0 radical (unpaired) electrons. The summed E-state index contributed by atoms with van der Waals surface area (Å²) in [6.45, 7) is 5.68. The Kier molecular flexibility index (Phi) is 6.22. The molecule has 1 amide bonds. The van der Waals surface area contributed by atoms with Crippen molar-refractivity contribution in [2.45, 2.75) is 26.4 Å². The molecule has 0 aliphatic rings. The van der Waals surface area contributed by atoms with Crippen molar-refractivity contribution in [3.05, 3.63) is 42.5 Å². The first-order valence-electron chi connectivity index (χ1n) is 7.71. The highest BCUT2D eigenvalue weighted by Crippen LogP contribution is 2.21. The van der Waals surface area contributed by atoms with Crippen molar-refractivity contribution in [3.63, 3.8) is 0 Å². The zero-order valence-electron chi connectivity index (χ0n) is 13.2. The Morgan fingerprint density at radius 2 is 1.95 bits per heavy atom. The molecule has 0 unspecified atom stereocenters. The van der Waals surface area contributed by atoms with Gasteiger partial charge in [0.15, 0.2) is 6.10 Å². The van der Waals surface area contributed by atoms with Crippen molar-refractivity contribution in [3.8, 4) is 5.75 Å². The van der Waals surface area contributed by atoms with E-state index in [0.717, 1.165) is 17.2 Å². The minimum Gasteiger partial charge on any atom is -0.481 e. The zero-order chi connectivity index (χ0) is 15.8. The van der Waals surface area contributed by atoms with E-state index in [1.165, 1.54) is 0 Å². The first kappa shape index (κ1) is 16.3. The van der Waals surface area contributed by atoms with Crippen LogP contribution < -0.4 is 10.1 Å². The smallest absolute Gasteiger partial charge is 0.260 e. The van der Waals surface area contributed by atoms with Crippen LogP contribution in [0.25, 0.3) is 10.8 Å². The molecule has 0 heterocycles. The summed E-state index contributed by atoms with van der Waals surface area (Å²) in [7, 11) is 0. The van der Waals surface area contributed by atoms with E-state index in [9.17, 15) is 4.79 Å². The third-order valence-corrected chi connectivity index (χ3v) is 3.37. The van der Waals surface area contributed by atoms with E-state index in [1.54, 1.807) is 6.92 Å². The van der Waals surface area contributed by atoms with Gasteiger partial charge in [0.2, 0.25) is 0 Å². The minimum atomic E-state index is -0.520. The lowest BCUT2D eigenvalue weighted by molar-refractivity contribution is -0.127. The quantitative estimate of drug-likeness (QED) is 0.762. The maximum Gasteiger partial charge on any atom is 0.260 e. The molecule has 2 aromatic carbocycles. The molecule has 0 saturated heterocycles. The number of rotatable bonds is 8. The van der Waals surface area contributed by atoms with Gasteiger partial charge >= 0.3 is 0 Å². The Labute approximate surface area is 131 Å². The third kappa shape index (κ3) is 4.74. The summed E-state index contributed by atoms with van der Waals surface area (Å²) >= 11 is 0. The monoisotopic (exact) mass is 301 g/mol. The average molecular weight is 301 g/mol. The molecule has 0 fully saturated rings. The van der Waals surface area contributed by atoms with Crippen LogP contribution in [0.2, 0.25) is 0 Å². The van der Waals surface area contributed by atoms with Crippen LogP contribution in [0.5, 0.6) is 5.75 Å². The summed E-state index contributed by atoms with van der Waals surface area (Å²) in [6, 6.07) is 13.9. The number of carbonyl (C=O) groups excluding carboxylic acids is 1. The number of hydrogen-bond donors (Lipinski definition) is 1. The highest BCUT2D eigenvalue weighted by Gasteiger charge is 2.14. The SMILES string of the molecule is CCOCCCNC(=O)[C@@H](C)Oc1ccc2ccccc2c1. The van der Waals surface area contributed by atoms with Crippen LogP contribution in [0.3, 0.4) is 0 Å². The van der Waals surface area contributed by atoms with E-state index in [-0.39, 0.29) is 5.91 Å². The molecule has 0 aromatic heterocycles. The van der Waals surface area contributed by atoms with Crippen molar-refractivity contribution >= 4 is 16.7 Å². The number of carbonyl (C=O) groups is 1. The van der Waals surface area contributed by atoms with E-state index >= 15 is 0 Å². The third-order valence-electron chi connectivity index (χ3n) is 3.37. The van der Waals surface area contributed by atoms with Gasteiger partial charge in [-0.2, -0.15) is 0 Å². The van der Waals surface area contributed by atoms with Gasteiger partial charge in [-0.15, -0.1) is 0 Å². The summed E-state index contributed by atoms with van der Waals surface area (Å²) in [4.78, 5) is 12.0. The summed E-state index contributed by atoms with van der Waals surface area (Å²) in [5, 5.41) is 5.11. The second kappa shape index (κ2) is 8.39. The van der Waals surface area contributed by atoms with Crippen LogP contribution >= 0.6 is 0 Å². The van der Waals surface area contributed by atoms with E-state index in [2.05, 4.69) is 5.32 Å². The van der Waals surface area contributed by atoms with Gasteiger partial charge in [0.05, 0.1) is 0 Å². The van der Waals surface area contributed by atoms with Crippen molar-refractivity contribution in [2.24, 2.45) is 0 Å². The highest BCUT2D eigenvalue weighted by molar-refractivity contribution is 5.84. The molecule has 4 nitrogen and oxygen atoms in total. The van der Waals surface area contributed by atoms with Gasteiger partial charge < -0.3 is 14.8 Å². The van der Waals surface area contributed by atoms with E-state index < -0.39 is 6.10 Å². The fourth-order valence-electron chi connectivity index (χ4n) is 2.17. The van der Waals surface area contributed by atoms with Gasteiger partial charge in [-0.3, -0.25) is 4.79 Å². The van der Waals surface area contributed by atoms with Crippen LogP contribution in [0.4, 0.5) is 0 Å². The maximum atomic E-state index is 12.0. The number of amides is 1. The van der Waals surface area contributed by atoms with E-state index in [1.807, 2.05) is 49.4 Å². The van der Waals surface area contributed by atoms with Gasteiger partial charge in [-0.25, -0.2) is 0 Å². The average Bonchev–Trinajstić information content (AvgIpc) is 2.54. The summed E-state index contributed by atoms with van der Waals surface area (Å²) in [6.07, 6.45) is 0.288. The molecule has 118 valence electrons. The number of fused-ring (bicyclic) bond motifs is 1. The number of nitrogens with one attached hydrogen (secondary N) is 1. The fraction of sp³-hybridized carbons (Fsp3) is 0.389. The second-order valence-corrected chi connectivity index (χ2v) is 5.11. The predicted octanol–water partition coefficient (Wildman–Crippen LogP) is 3.15. The molecular weight excluding hydrogens is 278 g/mol. The van der Waals surface area contributed by atoms with Crippen molar-refractivity contribution in [1.29, 1.82) is 0 Å².